The van der Waals surface area contributed by atoms with Crippen LogP contribution in [0.3, 0.4) is 0 Å². The zero-order chi connectivity index (χ0) is 22.5. The lowest BCUT2D eigenvalue weighted by atomic mass is 9.83. The van der Waals surface area contributed by atoms with Crippen LogP contribution in [0, 0.1) is 5.92 Å². The van der Waals surface area contributed by atoms with E-state index in [1.165, 1.54) is 26.2 Å². The number of hydrogen-bond donors (Lipinski definition) is 1. The lowest BCUT2D eigenvalue weighted by Gasteiger charge is -2.45. The van der Waals surface area contributed by atoms with Crippen LogP contribution in [0.15, 0.2) is 18.2 Å². The number of carbonyl (C=O) groups is 3. The third-order valence-corrected chi connectivity index (χ3v) is 4.83. The number of esters is 1. The molecule has 2 atom stereocenters. The number of carbonyl (C=O) groups excluding carboxylic acids is 3. The predicted molar refractivity (Wildman–Crippen MR) is 97.7 cm³/mol. The van der Waals surface area contributed by atoms with E-state index in [0.717, 1.165) is 0 Å². The van der Waals surface area contributed by atoms with Crippen molar-refractivity contribution in [2.45, 2.75) is 31.6 Å². The average Bonchev–Trinajstić information content (AvgIpc) is 2.72. The number of nitrogens with one attached hydrogen (secondary N) is 1. The summed E-state index contributed by atoms with van der Waals surface area (Å²) in [6.07, 6.45) is -4.73. The molecule has 8 nitrogen and oxygen atoms in total. The van der Waals surface area contributed by atoms with Gasteiger partial charge in [-0.1, -0.05) is 0 Å². The highest BCUT2D eigenvalue weighted by molar-refractivity contribution is 5.97. The molecule has 0 spiro atoms. The number of likely N-dealkylation sites (tertiary alicyclic amines) is 1. The zero-order valence-electron chi connectivity index (χ0n) is 16.7. The van der Waals surface area contributed by atoms with Crippen molar-refractivity contribution in [2.75, 3.05) is 27.9 Å². The van der Waals surface area contributed by atoms with Crippen molar-refractivity contribution in [1.29, 1.82) is 0 Å². The Hall–Kier alpha value is -2.98. The Morgan fingerprint density at radius 2 is 1.87 bits per heavy atom. The number of benzene rings is 1. The van der Waals surface area contributed by atoms with Crippen LogP contribution in [0.25, 0.3) is 0 Å². The SMILES string of the molecule is COC(=O)[C@@H]1[C@@H](CCCNC(=O)C(F)(F)F)C(=O)N1Cc1ccc(OC)cc1OC. The number of nitrogens with zero attached hydrogens (tertiary/aromatic N) is 1. The van der Waals surface area contributed by atoms with E-state index in [0.29, 0.717) is 17.1 Å². The second-order valence-corrected chi connectivity index (χ2v) is 6.61. The van der Waals surface area contributed by atoms with Crippen LogP contribution >= 0.6 is 0 Å². The molecular weight excluding hydrogens is 409 g/mol. The molecule has 30 heavy (non-hydrogen) atoms. The Labute approximate surface area is 171 Å². The molecule has 1 heterocycles. The molecule has 0 aromatic heterocycles. The topological polar surface area (TPSA) is 94.2 Å². The average molecular weight is 432 g/mol. The maximum absolute atomic E-state index is 12.6. The van der Waals surface area contributed by atoms with Gasteiger partial charge >= 0.3 is 18.1 Å². The van der Waals surface area contributed by atoms with Gasteiger partial charge in [0, 0.05) is 18.2 Å². The Morgan fingerprint density at radius 3 is 2.43 bits per heavy atom. The minimum absolute atomic E-state index is 0.0904. The fourth-order valence-corrected chi connectivity index (χ4v) is 3.28. The quantitative estimate of drug-likeness (QED) is 0.362. The van der Waals surface area contributed by atoms with Gasteiger partial charge in [0.25, 0.3) is 0 Å². The lowest BCUT2D eigenvalue weighted by Crippen LogP contribution is -2.64. The summed E-state index contributed by atoms with van der Waals surface area (Å²) in [6.45, 7) is -0.171. The third kappa shape index (κ3) is 5.14. The standard InChI is InChI=1S/C19H23F3N2O6/c1-28-12-7-6-11(14(9-12)29-2)10-24-15(17(26)30-3)13(16(24)25)5-4-8-23-18(27)19(20,21)22/h6-7,9,13,15H,4-5,8,10H2,1-3H3,(H,23,27)/t13-,15+/m1/s1. The van der Waals surface area contributed by atoms with E-state index in [4.69, 9.17) is 14.2 Å². The minimum atomic E-state index is -4.96. The van der Waals surface area contributed by atoms with Crippen LogP contribution in [0.1, 0.15) is 18.4 Å². The largest absolute Gasteiger partial charge is 0.497 e. The van der Waals surface area contributed by atoms with Gasteiger partial charge in [-0.25, -0.2) is 4.79 Å². The Balaban J connectivity index is 2.02. The fourth-order valence-electron chi connectivity index (χ4n) is 3.28. The summed E-state index contributed by atoms with van der Waals surface area (Å²) in [5.74, 6) is -2.68. The number of rotatable bonds is 9. The van der Waals surface area contributed by atoms with Crippen molar-refractivity contribution in [3.8, 4) is 11.5 Å². The lowest BCUT2D eigenvalue weighted by molar-refractivity contribution is -0.175. The van der Waals surface area contributed by atoms with Crippen molar-refractivity contribution in [3.63, 3.8) is 0 Å². The molecule has 1 fully saturated rings. The van der Waals surface area contributed by atoms with Crippen molar-refractivity contribution in [1.82, 2.24) is 10.2 Å². The van der Waals surface area contributed by atoms with Crippen molar-refractivity contribution in [2.24, 2.45) is 5.92 Å². The van der Waals surface area contributed by atoms with E-state index >= 15 is 0 Å². The molecule has 1 aliphatic rings. The molecule has 1 aromatic rings. The summed E-state index contributed by atoms with van der Waals surface area (Å²) in [5.41, 5.74) is 0.649. The van der Waals surface area contributed by atoms with Gasteiger partial charge in [0.15, 0.2) is 0 Å². The van der Waals surface area contributed by atoms with Crippen molar-refractivity contribution >= 4 is 17.8 Å². The van der Waals surface area contributed by atoms with Gasteiger partial charge < -0.3 is 24.4 Å². The Morgan fingerprint density at radius 1 is 1.17 bits per heavy atom. The molecule has 2 amide bonds. The highest BCUT2D eigenvalue weighted by Crippen LogP contribution is 2.35. The van der Waals surface area contributed by atoms with E-state index in [1.54, 1.807) is 23.5 Å². The first-order chi connectivity index (χ1) is 14.1. The van der Waals surface area contributed by atoms with Gasteiger partial charge in [-0.2, -0.15) is 13.2 Å². The highest BCUT2D eigenvalue weighted by atomic mass is 19.4. The number of halogens is 3. The van der Waals surface area contributed by atoms with Gasteiger partial charge in [-0.05, 0) is 25.0 Å². The van der Waals surface area contributed by atoms with Gasteiger partial charge in [-0.15, -0.1) is 0 Å². The van der Waals surface area contributed by atoms with Gasteiger partial charge in [0.2, 0.25) is 5.91 Å². The number of amides is 2. The maximum Gasteiger partial charge on any atom is 0.471 e. The van der Waals surface area contributed by atoms with Crippen LogP contribution in [-0.4, -0.2) is 62.8 Å². The summed E-state index contributed by atoms with van der Waals surface area (Å²) in [5, 5.41) is 1.74. The van der Waals surface area contributed by atoms with E-state index in [9.17, 15) is 27.6 Å². The van der Waals surface area contributed by atoms with E-state index < -0.39 is 30.0 Å². The predicted octanol–water partition coefficient (Wildman–Crippen LogP) is 1.66. The first-order valence-electron chi connectivity index (χ1n) is 9.08. The molecule has 1 aliphatic heterocycles. The number of alkyl halides is 3. The van der Waals surface area contributed by atoms with Gasteiger partial charge in [0.1, 0.15) is 17.5 Å². The van der Waals surface area contributed by atoms with Crippen molar-refractivity contribution in [3.05, 3.63) is 23.8 Å². The van der Waals surface area contributed by atoms with Crippen LogP contribution in [0.4, 0.5) is 13.2 Å². The molecule has 11 heteroatoms. The first kappa shape index (κ1) is 23.3. The van der Waals surface area contributed by atoms with Crippen molar-refractivity contribution < 1.29 is 41.8 Å². The number of hydrogen-bond acceptors (Lipinski definition) is 6. The summed E-state index contributed by atoms with van der Waals surface area (Å²) in [6, 6.07) is 4.18. The summed E-state index contributed by atoms with van der Waals surface area (Å²) < 4.78 is 51.8. The molecule has 0 aliphatic carbocycles. The molecule has 1 saturated heterocycles. The molecule has 0 bridgehead atoms. The fraction of sp³-hybridized carbons (Fsp3) is 0.526. The highest BCUT2D eigenvalue weighted by Gasteiger charge is 2.51. The maximum atomic E-state index is 12.6. The van der Waals surface area contributed by atoms with Crippen LogP contribution in [0.2, 0.25) is 0 Å². The van der Waals surface area contributed by atoms with Crippen LogP contribution in [0.5, 0.6) is 11.5 Å². The molecule has 0 unspecified atom stereocenters. The normalized spacial score (nSPS) is 18.5. The second kappa shape index (κ2) is 9.68. The molecule has 2 rings (SSSR count). The van der Waals surface area contributed by atoms with E-state index in [-0.39, 0.29) is 31.8 Å². The first-order valence-corrected chi connectivity index (χ1v) is 9.08. The van der Waals surface area contributed by atoms with E-state index in [1.807, 2.05) is 0 Å². The Bertz CT molecular complexity index is 799. The molecule has 1 aromatic carbocycles. The number of β-lactam (4-membered cyclic amide) rings is 1. The van der Waals surface area contributed by atoms with E-state index in [2.05, 4.69) is 0 Å². The monoisotopic (exact) mass is 432 g/mol. The molecule has 0 saturated carbocycles. The molecule has 166 valence electrons. The summed E-state index contributed by atoms with van der Waals surface area (Å²) in [4.78, 5) is 36.9. The molecule has 0 radical (unpaired) electrons. The van der Waals surface area contributed by atoms with Gasteiger partial charge in [-0.3, -0.25) is 9.59 Å². The molecule has 1 N–H and O–H groups in total. The number of ether oxygens (including phenoxy) is 3. The van der Waals surface area contributed by atoms with Crippen LogP contribution < -0.4 is 14.8 Å². The smallest absolute Gasteiger partial charge is 0.471 e. The zero-order valence-corrected chi connectivity index (χ0v) is 16.7. The third-order valence-electron chi connectivity index (χ3n) is 4.83. The number of methoxy groups -OCH3 is 3. The summed E-state index contributed by atoms with van der Waals surface area (Å²) in [7, 11) is 4.16. The van der Waals surface area contributed by atoms with Gasteiger partial charge in [0.05, 0.1) is 33.8 Å². The minimum Gasteiger partial charge on any atom is -0.497 e. The molecular formula is C19H23F3N2O6. The van der Waals surface area contributed by atoms with Crippen LogP contribution in [-0.2, 0) is 25.7 Å². The second-order valence-electron chi connectivity index (χ2n) is 6.61. The Kier molecular flexibility index (Phi) is 7.52. The summed E-state index contributed by atoms with van der Waals surface area (Å²) >= 11 is 0.